The van der Waals surface area contributed by atoms with Gasteiger partial charge in [0, 0.05) is 6.42 Å². The molecule has 2 nitrogen and oxygen atoms in total. The van der Waals surface area contributed by atoms with Crippen LogP contribution < -0.4 is 0 Å². The van der Waals surface area contributed by atoms with E-state index in [1.807, 2.05) is 13.8 Å². The molecule has 0 spiro atoms. The van der Waals surface area contributed by atoms with Gasteiger partial charge in [-0.1, -0.05) is 13.8 Å². The number of hydrogen-bond donors (Lipinski definition) is 0. The molecule has 0 aliphatic carbocycles. The smallest absolute Gasteiger partial charge is 0.315 e. The van der Waals surface area contributed by atoms with Crippen molar-refractivity contribution < 1.29 is 18.3 Å². The Morgan fingerprint density at radius 3 is 2.56 bits per heavy atom. The fourth-order valence-corrected chi connectivity index (χ4v) is 1.68. The molecule has 16 heavy (non-hydrogen) atoms. The number of carbonyl (C=O) groups is 1. The number of alkyl halides is 2. The number of halogens is 2. The van der Waals surface area contributed by atoms with Crippen molar-refractivity contribution in [2.24, 2.45) is 5.92 Å². The summed E-state index contributed by atoms with van der Waals surface area (Å²) >= 11 is 1.35. The third-order valence-corrected chi connectivity index (χ3v) is 2.72. The highest BCUT2D eigenvalue weighted by Crippen LogP contribution is 2.20. The summed E-state index contributed by atoms with van der Waals surface area (Å²) < 4.78 is 29.8. The standard InChI is InChI=1S/C11H20F2O2S/c1-9(2)7-15-10(14)8-16-6-4-5-11(3,12)13/h9H,4-8H2,1-3H3. The van der Waals surface area contributed by atoms with E-state index in [1.54, 1.807) is 0 Å². The van der Waals surface area contributed by atoms with Gasteiger partial charge >= 0.3 is 5.97 Å². The number of ether oxygens (including phenoxy) is 1. The maximum atomic E-state index is 12.4. The molecule has 0 aromatic heterocycles. The summed E-state index contributed by atoms with van der Waals surface area (Å²) in [5.41, 5.74) is 0. The second-order valence-corrected chi connectivity index (χ2v) is 5.41. The van der Waals surface area contributed by atoms with Gasteiger partial charge in [-0.15, -0.1) is 0 Å². The molecule has 0 bridgehead atoms. The minimum atomic E-state index is -2.60. The second kappa shape index (κ2) is 7.87. The molecule has 0 aromatic carbocycles. The van der Waals surface area contributed by atoms with Crippen molar-refractivity contribution in [3.8, 4) is 0 Å². The minimum absolute atomic E-state index is 0.124. The third kappa shape index (κ3) is 11.8. The maximum absolute atomic E-state index is 12.4. The van der Waals surface area contributed by atoms with E-state index in [0.29, 0.717) is 24.7 Å². The number of hydrogen-bond acceptors (Lipinski definition) is 3. The van der Waals surface area contributed by atoms with Gasteiger partial charge in [0.1, 0.15) is 0 Å². The van der Waals surface area contributed by atoms with Crippen LogP contribution in [0.5, 0.6) is 0 Å². The van der Waals surface area contributed by atoms with Crippen molar-refractivity contribution >= 4 is 17.7 Å². The predicted octanol–water partition coefficient (Wildman–Crippen LogP) is 3.35. The minimum Gasteiger partial charge on any atom is -0.465 e. The number of carbonyl (C=O) groups excluding carboxylic acids is 1. The highest BCUT2D eigenvalue weighted by molar-refractivity contribution is 7.99. The summed E-state index contributed by atoms with van der Waals surface area (Å²) in [5.74, 6) is -1.71. The SMILES string of the molecule is CC(C)COC(=O)CSCCCC(C)(F)F. The zero-order valence-electron chi connectivity index (χ0n) is 10.1. The van der Waals surface area contributed by atoms with Crippen molar-refractivity contribution in [3.05, 3.63) is 0 Å². The van der Waals surface area contributed by atoms with Crippen molar-refractivity contribution in [1.29, 1.82) is 0 Å². The predicted molar refractivity (Wildman–Crippen MR) is 63.0 cm³/mol. The Morgan fingerprint density at radius 2 is 2.06 bits per heavy atom. The Morgan fingerprint density at radius 1 is 1.44 bits per heavy atom. The van der Waals surface area contributed by atoms with Crippen molar-refractivity contribution in [2.75, 3.05) is 18.1 Å². The first-order chi connectivity index (χ1) is 7.31. The molecule has 0 N–H and O–H groups in total. The maximum Gasteiger partial charge on any atom is 0.315 e. The molecule has 0 fully saturated rings. The van der Waals surface area contributed by atoms with Gasteiger partial charge < -0.3 is 4.74 Å². The molecule has 0 amide bonds. The van der Waals surface area contributed by atoms with E-state index in [0.717, 1.165) is 6.92 Å². The van der Waals surface area contributed by atoms with Crippen molar-refractivity contribution in [3.63, 3.8) is 0 Å². The van der Waals surface area contributed by atoms with E-state index in [1.165, 1.54) is 11.8 Å². The van der Waals surface area contributed by atoms with Gasteiger partial charge in [0.15, 0.2) is 0 Å². The van der Waals surface area contributed by atoms with Crippen molar-refractivity contribution in [2.45, 2.75) is 39.5 Å². The lowest BCUT2D eigenvalue weighted by atomic mass is 10.2. The van der Waals surface area contributed by atoms with Crippen LogP contribution in [0.25, 0.3) is 0 Å². The Bertz CT molecular complexity index is 203. The van der Waals surface area contributed by atoms with Crippen LogP contribution in [0.1, 0.15) is 33.6 Å². The number of thioether (sulfide) groups is 1. The highest BCUT2D eigenvalue weighted by Gasteiger charge is 2.19. The molecule has 0 aliphatic heterocycles. The van der Waals surface area contributed by atoms with Gasteiger partial charge in [0.05, 0.1) is 12.4 Å². The van der Waals surface area contributed by atoms with E-state index in [4.69, 9.17) is 4.74 Å². The van der Waals surface area contributed by atoms with Crippen LogP contribution in [0.3, 0.4) is 0 Å². The second-order valence-electron chi connectivity index (χ2n) is 4.30. The van der Waals surface area contributed by atoms with E-state index in [9.17, 15) is 13.6 Å². The zero-order valence-corrected chi connectivity index (χ0v) is 10.9. The van der Waals surface area contributed by atoms with Crippen LogP contribution in [0, 0.1) is 5.92 Å². The summed E-state index contributed by atoms with van der Waals surface area (Å²) in [6, 6.07) is 0. The molecule has 5 heteroatoms. The fraction of sp³-hybridized carbons (Fsp3) is 0.909. The van der Waals surface area contributed by atoms with Gasteiger partial charge in [-0.25, -0.2) is 8.78 Å². The summed E-state index contributed by atoms with van der Waals surface area (Å²) in [4.78, 5) is 11.1. The molecular weight excluding hydrogens is 234 g/mol. The molecule has 0 saturated heterocycles. The lowest BCUT2D eigenvalue weighted by Crippen LogP contribution is -2.13. The first kappa shape index (κ1) is 15.7. The van der Waals surface area contributed by atoms with E-state index in [-0.39, 0.29) is 18.1 Å². The van der Waals surface area contributed by atoms with Crippen LogP contribution in [-0.2, 0) is 9.53 Å². The molecule has 0 aromatic rings. The zero-order chi connectivity index (χ0) is 12.6. The number of rotatable bonds is 8. The average molecular weight is 254 g/mol. The monoisotopic (exact) mass is 254 g/mol. The largest absolute Gasteiger partial charge is 0.465 e. The fourth-order valence-electron chi connectivity index (χ4n) is 0.941. The Kier molecular flexibility index (Phi) is 7.72. The Labute approximate surface area is 100 Å². The normalized spacial score (nSPS) is 11.9. The Hall–Kier alpha value is -0.320. The Balaban J connectivity index is 3.35. The third-order valence-electron chi connectivity index (χ3n) is 1.70. The molecule has 0 rings (SSSR count). The van der Waals surface area contributed by atoms with Crippen LogP contribution in [0.4, 0.5) is 8.78 Å². The summed E-state index contributed by atoms with van der Waals surface area (Å²) in [5, 5.41) is 0. The highest BCUT2D eigenvalue weighted by atomic mass is 32.2. The summed E-state index contributed by atoms with van der Waals surface area (Å²) in [6.07, 6.45) is 0.298. The number of esters is 1. The van der Waals surface area contributed by atoms with Crippen LogP contribution >= 0.6 is 11.8 Å². The average Bonchev–Trinajstić information content (AvgIpc) is 2.12. The molecule has 0 radical (unpaired) electrons. The van der Waals surface area contributed by atoms with E-state index >= 15 is 0 Å². The van der Waals surface area contributed by atoms with Gasteiger partial charge in [-0.2, -0.15) is 11.8 Å². The summed E-state index contributed by atoms with van der Waals surface area (Å²) in [6.45, 7) is 5.26. The molecule has 0 unspecified atom stereocenters. The van der Waals surface area contributed by atoms with Gasteiger partial charge in [0.25, 0.3) is 0 Å². The van der Waals surface area contributed by atoms with Crippen molar-refractivity contribution in [1.82, 2.24) is 0 Å². The van der Waals surface area contributed by atoms with E-state index < -0.39 is 5.92 Å². The lowest BCUT2D eigenvalue weighted by molar-refractivity contribution is -0.141. The van der Waals surface area contributed by atoms with Crippen LogP contribution in [0.15, 0.2) is 0 Å². The molecule has 0 atom stereocenters. The van der Waals surface area contributed by atoms with E-state index in [2.05, 4.69) is 0 Å². The van der Waals surface area contributed by atoms with Crippen LogP contribution in [0.2, 0.25) is 0 Å². The summed E-state index contributed by atoms with van der Waals surface area (Å²) in [7, 11) is 0. The quantitative estimate of drug-likeness (QED) is 0.491. The molecule has 0 heterocycles. The molecule has 0 saturated carbocycles. The molecular formula is C11H20F2O2S. The topological polar surface area (TPSA) is 26.3 Å². The lowest BCUT2D eigenvalue weighted by Gasteiger charge is -2.09. The van der Waals surface area contributed by atoms with Crippen LogP contribution in [-0.4, -0.2) is 30.0 Å². The first-order valence-corrected chi connectivity index (χ1v) is 6.58. The first-order valence-electron chi connectivity index (χ1n) is 5.42. The van der Waals surface area contributed by atoms with Gasteiger partial charge in [-0.3, -0.25) is 4.79 Å². The molecule has 96 valence electrons. The van der Waals surface area contributed by atoms with Gasteiger partial charge in [-0.05, 0) is 25.0 Å². The molecule has 0 aliphatic rings. The van der Waals surface area contributed by atoms with Gasteiger partial charge in [0.2, 0.25) is 5.92 Å².